The number of para-hydroxylation sites is 1. The summed E-state index contributed by atoms with van der Waals surface area (Å²) < 4.78 is 0. The molecular weight excluding hydrogens is 256 g/mol. The Labute approximate surface area is 127 Å². The first-order chi connectivity index (χ1) is 10.4. The van der Waals surface area contributed by atoms with Crippen LogP contribution in [0.4, 0.5) is 5.69 Å². The molecule has 2 aromatic carbocycles. The second-order valence-corrected chi connectivity index (χ2v) is 4.73. The van der Waals surface area contributed by atoms with Gasteiger partial charge in [0.05, 0.1) is 5.69 Å². The summed E-state index contributed by atoms with van der Waals surface area (Å²) in [4.78, 5) is 0. The molecule has 108 valence electrons. The number of anilines is 1. The molecule has 21 heavy (non-hydrogen) atoms. The lowest BCUT2D eigenvalue weighted by Gasteiger charge is -2.17. The smallest absolute Gasteiger partial charge is 0.0520 e. The molecule has 0 aromatic heterocycles. The van der Waals surface area contributed by atoms with Crippen LogP contribution >= 0.6 is 0 Å². The minimum Gasteiger partial charge on any atom is -0.324 e. The number of allylic oxidation sites excluding steroid dienone is 1. The second-order valence-electron chi connectivity index (χ2n) is 4.73. The fourth-order valence-electron chi connectivity index (χ4n) is 2.37. The molecule has 0 amide bonds. The molecule has 0 fully saturated rings. The van der Waals surface area contributed by atoms with Crippen LogP contribution in [0.15, 0.2) is 65.9 Å². The van der Waals surface area contributed by atoms with Crippen molar-refractivity contribution in [1.82, 2.24) is 0 Å². The first kappa shape index (κ1) is 15.1. The Morgan fingerprint density at radius 2 is 1.62 bits per heavy atom. The van der Waals surface area contributed by atoms with Crippen LogP contribution in [-0.2, 0) is 6.42 Å². The second kappa shape index (κ2) is 7.49. The van der Waals surface area contributed by atoms with Crippen LogP contribution in [0.25, 0.3) is 5.57 Å². The minimum atomic E-state index is 0.913. The zero-order valence-electron chi connectivity index (χ0n) is 12.7. The van der Waals surface area contributed by atoms with Crippen LogP contribution in [-0.4, -0.2) is 0 Å². The fraction of sp³-hybridized carbons (Fsp3) is 0.211. The van der Waals surface area contributed by atoms with Crippen molar-refractivity contribution < 1.29 is 0 Å². The van der Waals surface area contributed by atoms with Gasteiger partial charge in [0.15, 0.2) is 0 Å². The molecule has 0 unspecified atom stereocenters. The van der Waals surface area contributed by atoms with Gasteiger partial charge in [0.1, 0.15) is 0 Å². The Kier molecular flexibility index (Phi) is 5.39. The molecule has 0 heterocycles. The highest BCUT2D eigenvalue weighted by Crippen LogP contribution is 2.31. The van der Waals surface area contributed by atoms with Crippen molar-refractivity contribution in [2.75, 3.05) is 5.43 Å². The molecular formula is C19H22N2. The van der Waals surface area contributed by atoms with Crippen molar-refractivity contribution in [2.45, 2.75) is 26.7 Å². The van der Waals surface area contributed by atoms with Gasteiger partial charge in [-0.25, -0.2) is 0 Å². The lowest BCUT2D eigenvalue weighted by Crippen LogP contribution is -2.10. The van der Waals surface area contributed by atoms with Gasteiger partial charge in [0.25, 0.3) is 0 Å². The SMILES string of the molecule is CC.NNc1ccccc1CC1=C=C(c2ccccc2)C1. The topological polar surface area (TPSA) is 38.0 Å². The van der Waals surface area contributed by atoms with Gasteiger partial charge in [-0.15, -0.1) is 5.73 Å². The van der Waals surface area contributed by atoms with E-state index in [2.05, 4.69) is 41.5 Å². The fourth-order valence-corrected chi connectivity index (χ4v) is 2.37. The lowest BCUT2D eigenvalue weighted by atomic mass is 9.87. The van der Waals surface area contributed by atoms with Gasteiger partial charge < -0.3 is 5.43 Å². The van der Waals surface area contributed by atoms with Gasteiger partial charge in [-0.05, 0) is 22.8 Å². The summed E-state index contributed by atoms with van der Waals surface area (Å²) in [7, 11) is 0. The number of nitrogens with one attached hydrogen (secondary N) is 1. The third-order valence-corrected chi connectivity index (χ3v) is 3.42. The van der Waals surface area contributed by atoms with E-state index in [1.165, 1.54) is 22.3 Å². The van der Waals surface area contributed by atoms with Crippen molar-refractivity contribution >= 4 is 11.3 Å². The van der Waals surface area contributed by atoms with Crippen molar-refractivity contribution in [3.8, 4) is 0 Å². The number of nitrogens with two attached hydrogens (primary N) is 1. The summed E-state index contributed by atoms with van der Waals surface area (Å²) in [5.41, 5.74) is 12.3. The third-order valence-electron chi connectivity index (χ3n) is 3.42. The summed E-state index contributed by atoms with van der Waals surface area (Å²) in [5.74, 6) is 5.52. The maximum absolute atomic E-state index is 5.52. The van der Waals surface area contributed by atoms with Crippen LogP contribution in [0, 0.1) is 0 Å². The van der Waals surface area contributed by atoms with Gasteiger partial charge in [-0.2, -0.15) is 0 Å². The molecule has 0 radical (unpaired) electrons. The van der Waals surface area contributed by atoms with E-state index in [4.69, 9.17) is 5.84 Å². The van der Waals surface area contributed by atoms with Crippen molar-refractivity contribution in [2.24, 2.45) is 5.84 Å². The van der Waals surface area contributed by atoms with E-state index in [1.807, 2.05) is 38.1 Å². The predicted octanol–water partition coefficient (Wildman–Crippen LogP) is 4.55. The Hall–Kier alpha value is -2.28. The Morgan fingerprint density at radius 3 is 2.29 bits per heavy atom. The Morgan fingerprint density at radius 1 is 1.00 bits per heavy atom. The summed E-state index contributed by atoms with van der Waals surface area (Å²) in [6.07, 6.45) is 1.93. The molecule has 0 aliphatic heterocycles. The Balaban J connectivity index is 0.000000774. The molecule has 0 saturated carbocycles. The normalized spacial score (nSPS) is 12.3. The average Bonchev–Trinajstić information content (AvgIpc) is 2.53. The summed E-state index contributed by atoms with van der Waals surface area (Å²) in [6, 6.07) is 18.6. The van der Waals surface area contributed by atoms with E-state index in [0.717, 1.165) is 18.5 Å². The molecule has 1 aliphatic rings. The summed E-state index contributed by atoms with van der Waals surface area (Å²) >= 11 is 0. The molecule has 0 saturated heterocycles. The zero-order chi connectivity index (χ0) is 15.1. The maximum atomic E-state index is 5.52. The van der Waals surface area contributed by atoms with Crippen LogP contribution in [0.1, 0.15) is 31.4 Å². The molecule has 0 bridgehead atoms. The zero-order valence-corrected chi connectivity index (χ0v) is 12.7. The van der Waals surface area contributed by atoms with E-state index in [0.29, 0.717) is 0 Å². The van der Waals surface area contributed by atoms with Crippen molar-refractivity contribution in [3.63, 3.8) is 0 Å². The van der Waals surface area contributed by atoms with Gasteiger partial charge in [0.2, 0.25) is 0 Å². The van der Waals surface area contributed by atoms with Crippen molar-refractivity contribution in [3.05, 3.63) is 77.0 Å². The first-order valence-electron chi connectivity index (χ1n) is 7.44. The van der Waals surface area contributed by atoms with E-state index in [1.54, 1.807) is 0 Å². The highest BCUT2D eigenvalue weighted by atomic mass is 15.2. The maximum Gasteiger partial charge on any atom is 0.0520 e. The highest BCUT2D eigenvalue weighted by molar-refractivity contribution is 5.73. The average molecular weight is 278 g/mol. The van der Waals surface area contributed by atoms with Crippen LogP contribution in [0.3, 0.4) is 0 Å². The number of benzene rings is 2. The molecule has 2 nitrogen and oxygen atoms in total. The van der Waals surface area contributed by atoms with Crippen LogP contribution in [0.2, 0.25) is 0 Å². The van der Waals surface area contributed by atoms with E-state index >= 15 is 0 Å². The van der Waals surface area contributed by atoms with E-state index < -0.39 is 0 Å². The van der Waals surface area contributed by atoms with Gasteiger partial charge >= 0.3 is 0 Å². The number of rotatable bonds is 4. The predicted molar refractivity (Wildman–Crippen MR) is 90.8 cm³/mol. The van der Waals surface area contributed by atoms with Gasteiger partial charge in [-0.3, -0.25) is 5.84 Å². The van der Waals surface area contributed by atoms with E-state index in [9.17, 15) is 0 Å². The first-order valence-corrected chi connectivity index (χ1v) is 7.44. The number of hydrogen-bond donors (Lipinski definition) is 2. The summed E-state index contributed by atoms with van der Waals surface area (Å²) in [5, 5.41) is 0. The molecule has 2 aromatic rings. The van der Waals surface area contributed by atoms with E-state index in [-0.39, 0.29) is 0 Å². The highest BCUT2D eigenvalue weighted by Gasteiger charge is 2.14. The number of hydrogen-bond acceptors (Lipinski definition) is 2. The number of hydrazine groups is 1. The Bertz CT molecular complexity index is 650. The molecule has 3 rings (SSSR count). The molecule has 3 N–H and O–H groups in total. The van der Waals surface area contributed by atoms with Crippen LogP contribution < -0.4 is 11.3 Å². The monoisotopic (exact) mass is 278 g/mol. The van der Waals surface area contributed by atoms with Gasteiger partial charge in [0, 0.05) is 18.4 Å². The number of nitrogen functional groups attached to an aromatic ring is 1. The largest absolute Gasteiger partial charge is 0.324 e. The quantitative estimate of drug-likeness (QED) is 0.489. The molecule has 0 atom stereocenters. The van der Waals surface area contributed by atoms with Gasteiger partial charge in [-0.1, -0.05) is 62.4 Å². The summed E-state index contributed by atoms with van der Waals surface area (Å²) in [6.45, 7) is 4.00. The molecule has 0 spiro atoms. The third kappa shape index (κ3) is 3.63. The lowest BCUT2D eigenvalue weighted by molar-refractivity contribution is 1.04. The standard InChI is InChI=1S/C17H16N2.C2H6/c18-19-17-9-5-4-8-15(17)10-13-11-16(12-13)14-6-2-1-3-7-14;1-2/h1-9,19H,10-11,18H2;1-2H3. The minimum absolute atomic E-state index is 0.913. The molecule has 1 aliphatic carbocycles. The van der Waals surface area contributed by atoms with Crippen molar-refractivity contribution in [1.29, 1.82) is 0 Å². The molecule has 2 heteroatoms. The van der Waals surface area contributed by atoms with Crippen LogP contribution in [0.5, 0.6) is 0 Å².